The minimum absolute atomic E-state index is 0.0131. The average Bonchev–Trinajstić information content (AvgIpc) is 2.44. The molecule has 6 heteroatoms. The average molecular weight is 382 g/mol. The molecule has 0 heterocycles. The van der Waals surface area contributed by atoms with Crippen molar-refractivity contribution in [3.05, 3.63) is 30.3 Å². The summed E-state index contributed by atoms with van der Waals surface area (Å²) in [5, 5.41) is 9.77. The summed E-state index contributed by atoms with van der Waals surface area (Å²) in [4.78, 5) is 13.3. The molecule has 0 aliphatic heterocycles. The van der Waals surface area contributed by atoms with E-state index in [9.17, 15) is 9.90 Å². The second-order valence-corrected chi connectivity index (χ2v) is 14.0. The summed E-state index contributed by atoms with van der Waals surface area (Å²) >= 11 is 0. The van der Waals surface area contributed by atoms with Crippen LogP contribution in [0.2, 0.25) is 18.1 Å². The largest absolute Gasteiger partial charge is 0.465 e. The molecule has 26 heavy (non-hydrogen) atoms. The zero-order valence-electron chi connectivity index (χ0n) is 17.7. The third-order valence-corrected chi connectivity index (χ3v) is 9.38. The fourth-order valence-electron chi connectivity index (χ4n) is 2.52. The van der Waals surface area contributed by atoms with Crippen molar-refractivity contribution in [2.24, 2.45) is 0 Å². The van der Waals surface area contributed by atoms with Gasteiger partial charge in [-0.25, -0.2) is 4.79 Å². The highest BCUT2D eigenvalue weighted by Crippen LogP contribution is 2.38. The molecule has 148 valence electrons. The quantitative estimate of drug-likeness (QED) is 0.516. The molecule has 0 radical (unpaired) electrons. The van der Waals surface area contributed by atoms with Gasteiger partial charge in [-0.15, -0.1) is 0 Å². The molecule has 0 aliphatic carbocycles. The first kappa shape index (κ1) is 22.5. The Balaban J connectivity index is 3.24. The van der Waals surface area contributed by atoms with Crippen molar-refractivity contribution in [2.75, 3.05) is 0 Å². The standard InChI is InChI=1S/C20H35NO4Si/c1-15(21(18(22)23)19(2,3)4)17(24-16-13-11-10-12-14-16)25-26(8,9)20(5,6)7/h10-15,17H,1-9H3,(H,22,23). The van der Waals surface area contributed by atoms with Crippen LogP contribution in [-0.2, 0) is 4.43 Å². The van der Waals surface area contributed by atoms with Gasteiger partial charge in [0, 0.05) is 5.54 Å². The van der Waals surface area contributed by atoms with E-state index in [4.69, 9.17) is 9.16 Å². The molecule has 0 aromatic heterocycles. The van der Waals surface area contributed by atoms with E-state index in [1.165, 1.54) is 4.90 Å². The maximum absolute atomic E-state index is 11.9. The van der Waals surface area contributed by atoms with Crippen LogP contribution in [0.5, 0.6) is 5.75 Å². The molecule has 0 aliphatic rings. The predicted molar refractivity (Wildman–Crippen MR) is 108 cm³/mol. The van der Waals surface area contributed by atoms with Gasteiger partial charge in [0.1, 0.15) is 5.75 Å². The highest BCUT2D eigenvalue weighted by molar-refractivity contribution is 6.74. The lowest BCUT2D eigenvalue weighted by molar-refractivity contribution is -0.0772. The van der Waals surface area contributed by atoms with E-state index in [2.05, 4.69) is 33.9 Å². The maximum Gasteiger partial charge on any atom is 0.408 e. The molecule has 0 saturated heterocycles. The van der Waals surface area contributed by atoms with Crippen LogP contribution in [0.15, 0.2) is 30.3 Å². The molecular formula is C20H35NO4Si. The SMILES string of the molecule is CC(C(Oc1ccccc1)O[Si](C)(C)C(C)(C)C)N(C(=O)O)C(C)(C)C. The minimum Gasteiger partial charge on any atom is -0.465 e. The maximum atomic E-state index is 11.9. The Morgan fingerprint density at radius 1 is 1.08 bits per heavy atom. The molecule has 0 spiro atoms. The number of rotatable bonds is 6. The number of amides is 1. The number of ether oxygens (including phenoxy) is 1. The van der Waals surface area contributed by atoms with E-state index < -0.39 is 32.3 Å². The van der Waals surface area contributed by atoms with Crippen LogP contribution in [0.25, 0.3) is 0 Å². The molecule has 1 aromatic rings. The number of hydrogen-bond acceptors (Lipinski definition) is 3. The Hall–Kier alpha value is -1.53. The first-order valence-corrected chi connectivity index (χ1v) is 12.0. The summed E-state index contributed by atoms with van der Waals surface area (Å²) in [6.07, 6.45) is -1.67. The topological polar surface area (TPSA) is 59.0 Å². The Bertz CT molecular complexity index is 590. The van der Waals surface area contributed by atoms with Crippen LogP contribution in [0.4, 0.5) is 4.79 Å². The Morgan fingerprint density at radius 3 is 1.96 bits per heavy atom. The van der Waals surface area contributed by atoms with Gasteiger partial charge in [0.2, 0.25) is 6.29 Å². The second kappa shape index (κ2) is 8.01. The molecule has 1 amide bonds. The van der Waals surface area contributed by atoms with Gasteiger partial charge < -0.3 is 14.3 Å². The zero-order chi connectivity index (χ0) is 20.3. The number of carboxylic acid groups (broad SMARTS) is 1. The molecular weight excluding hydrogens is 346 g/mol. The smallest absolute Gasteiger partial charge is 0.408 e. The molecule has 0 saturated carbocycles. The van der Waals surface area contributed by atoms with E-state index in [1.807, 2.05) is 58.0 Å². The number of carbonyl (C=O) groups is 1. The van der Waals surface area contributed by atoms with Crippen LogP contribution in [0.3, 0.4) is 0 Å². The van der Waals surface area contributed by atoms with Crippen molar-refractivity contribution in [3.63, 3.8) is 0 Å². The lowest BCUT2D eigenvalue weighted by Crippen LogP contribution is -2.58. The molecule has 1 aromatic carbocycles. The summed E-state index contributed by atoms with van der Waals surface area (Å²) in [5.74, 6) is 0.669. The van der Waals surface area contributed by atoms with E-state index in [0.717, 1.165) is 0 Å². The third-order valence-electron chi connectivity index (χ3n) is 4.94. The van der Waals surface area contributed by atoms with Crippen LogP contribution in [0, 0.1) is 0 Å². The molecule has 0 fully saturated rings. The predicted octanol–water partition coefficient (Wildman–Crippen LogP) is 5.58. The van der Waals surface area contributed by atoms with Crippen molar-refractivity contribution in [1.82, 2.24) is 4.90 Å². The molecule has 1 rings (SSSR count). The van der Waals surface area contributed by atoms with Gasteiger partial charge >= 0.3 is 6.09 Å². The lowest BCUT2D eigenvalue weighted by Gasteiger charge is -2.45. The molecule has 2 atom stereocenters. The van der Waals surface area contributed by atoms with Crippen molar-refractivity contribution in [3.8, 4) is 5.75 Å². The Kier molecular flexibility index (Phi) is 6.93. The summed E-state index contributed by atoms with van der Waals surface area (Å²) < 4.78 is 12.6. The number of hydrogen-bond donors (Lipinski definition) is 1. The highest BCUT2D eigenvalue weighted by Gasteiger charge is 2.44. The van der Waals surface area contributed by atoms with Gasteiger partial charge in [-0.2, -0.15) is 0 Å². The van der Waals surface area contributed by atoms with E-state index in [-0.39, 0.29) is 5.04 Å². The molecule has 0 bridgehead atoms. The number of para-hydroxylation sites is 1. The Morgan fingerprint density at radius 2 is 1.58 bits per heavy atom. The van der Waals surface area contributed by atoms with Gasteiger partial charge in [-0.3, -0.25) is 4.90 Å². The first-order chi connectivity index (χ1) is 11.7. The van der Waals surface area contributed by atoms with Crippen molar-refractivity contribution in [2.45, 2.75) is 84.5 Å². The van der Waals surface area contributed by atoms with E-state index >= 15 is 0 Å². The minimum atomic E-state index is -2.17. The monoisotopic (exact) mass is 381 g/mol. The normalized spacial score (nSPS) is 15.3. The lowest BCUT2D eigenvalue weighted by atomic mass is 10.0. The molecule has 1 N–H and O–H groups in total. The van der Waals surface area contributed by atoms with Gasteiger partial charge in [0.15, 0.2) is 8.32 Å². The zero-order valence-corrected chi connectivity index (χ0v) is 18.7. The van der Waals surface area contributed by atoms with Crippen LogP contribution < -0.4 is 4.74 Å². The molecule has 5 nitrogen and oxygen atoms in total. The van der Waals surface area contributed by atoms with Gasteiger partial charge in [-0.1, -0.05) is 39.0 Å². The number of nitrogens with zero attached hydrogens (tertiary/aromatic N) is 1. The first-order valence-electron chi connectivity index (χ1n) is 9.08. The van der Waals surface area contributed by atoms with Crippen molar-refractivity contribution >= 4 is 14.4 Å². The fraction of sp³-hybridized carbons (Fsp3) is 0.650. The van der Waals surface area contributed by atoms with Gasteiger partial charge in [-0.05, 0) is 58.0 Å². The molecule has 2 unspecified atom stereocenters. The summed E-state index contributed by atoms with van der Waals surface area (Å²) in [7, 11) is -2.17. The Labute approximate surface area is 159 Å². The second-order valence-electron chi connectivity index (χ2n) is 9.24. The highest BCUT2D eigenvalue weighted by atomic mass is 28.4. The van der Waals surface area contributed by atoms with Crippen molar-refractivity contribution < 1.29 is 19.1 Å². The summed E-state index contributed by atoms with van der Waals surface area (Å²) in [6.45, 7) is 18.2. The third kappa shape index (κ3) is 5.74. The van der Waals surface area contributed by atoms with Crippen LogP contribution in [0.1, 0.15) is 48.5 Å². The summed E-state index contributed by atoms with van der Waals surface area (Å²) in [5.41, 5.74) is -0.569. The van der Waals surface area contributed by atoms with E-state index in [0.29, 0.717) is 5.75 Å². The fourth-order valence-corrected chi connectivity index (χ4v) is 3.69. The van der Waals surface area contributed by atoms with E-state index in [1.54, 1.807) is 0 Å². The summed E-state index contributed by atoms with van der Waals surface area (Å²) in [6, 6.07) is 8.94. The number of benzene rings is 1. The van der Waals surface area contributed by atoms with Crippen LogP contribution in [-0.4, -0.2) is 42.3 Å². The van der Waals surface area contributed by atoms with Gasteiger partial charge in [0.05, 0.1) is 6.04 Å². The van der Waals surface area contributed by atoms with Crippen LogP contribution >= 0.6 is 0 Å². The van der Waals surface area contributed by atoms with Crippen molar-refractivity contribution in [1.29, 1.82) is 0 Å². The van der Waals surface area contributed by atoms with Gasteiger partial charge in [0.25, 0.3) is 0 Å².